The molecule has 0 aliphatic rings. The van der Waals surface area contributed by atoms with Crippen molar-refractivity contribution in [2.45, 2.75) is 20.3 Å². The zero-order valence-electron chi connectivity index (χ0n) is 17.3. The van der Waals surface area contributed by atoms with Crippen LogP contribution >= 0.6 is 35.4 Å². The van der Waals surface area contributed by atoms with Crippen LogP contribution in [0.5, 0.6) is 0 Å². The van der Waals surface area contributed by atoms with E-state index in [1.165, 1.54) is 11.6 Å². The number of nitrogens with one attached hydrogen (secondary N) is 2. The summed E-state index contributed by atoms with van der Waals surface area (Å²) in [5.74, 6) is -0.427. The van der Waals surface area contributed by atoms with Crippen molar-refractivity contribution in [3.05, 3.63) is 81.3 Å². The molecule has 0 saturated heterocycles. The van der Waals surface area contributed by atoms with Crippen molar-refractivity contribution < 1.29 is 4.79 Å². The fourth-order valence-electron chi connectivity index (χ4n) is 3.18. The van der Waals surface area contributed by atoms with Crippen molar-refractivity contribution >= 4 is 63.2 Å². The first-order chi connectivity index (χ1) is 15.3. The van der Waals surface area contributed by atoms with E-state index in [1.54, 1.807) is 16.9 Å². The molecule has 0 atom stereocenters. The van der Waals surface area contributed by atoms with Gasteiger partial charge in [-0.15, -0.1) is 10.2 Å². The second-order valence-corrected chi connectivity index (χ2v) is 8.45. The number of benzene rings is 3. The molecular weight excluding hydrogens is 465 g/mol. The molecule has 1 amide bonds. The van der Waals surface area contributed by atoms with Crippen LogP contribution in [-0.2, 0) is 6.42 Å². The number of thiocarbonyl (C=S) groups is 1. The van der Waals surface area contributed by atoms with Crippen molar-refractivity contribution in [2.24, 2.45) is 0 Å². The van der Waals surface area contributed by atoms with Crippen molar-refractivity contribution in [3.63, 3.8) is 0 Å². The van der Waals surface area contributed by atoms with Gasteiger partial charge in [-0.2, -0.15) is 4.80 Å². The summed E-state index contributed by atoms with van der Waals surface area (Å²) in [6.45, 7) is 4.04. The molecule has 1 aromatic heterocycles. The number of hydrogen-bond donors (Lipinski definition) is 2. The van der Waals surface area contributed by atoms with Gasteiger partial charge in [0.1, 0.15) is 11.0 Å². The summed E-state index contributed by atoms with van der Waals surface area (Å²) in [6, 6.07) is 16.5. The number of anilines is 1. The summed E-state index contributed by atoms with van der Waals surface area (Å²) >= 11 is 17.3. The summed E-state index contributed by atoms with van der Waals surface area (Å²) in [5.41, 5.74) is 5.51. The number of aryl methyl sites for hydroxylation is 2. The molecule has 0 unspecified atom stereocenters. The lowest BCUT2D eigenvalue weighted by molar-refractivity contribution is 0.0978. The van der Waals surface area contributed by atoms with Crippen LogP contribution in [0, 0.1) is 6.92 Å². The Kier molecular flexibility index (Phi) is 6.41. The van der Waals surface area contributed by atoms with Gasteiger partial charge in [-0.25, -0.2) is 0 Å². The predicted molar refractivity (Wildman–Crippen MR) is 133 cm³/mol. The third-order valence-electron chi connectivity index (χ3n) is 4.95. The number of carbonyl (C=O) groups is 1. The van der Waals surface area contributed by atoms with Gasteiger partial charge in [0, 0.05) is 10.7 Å². The van der Waals surface area contributed by atoms with E-state index >= 15 is 0 Å². The first kappa shape index (κ1) is 22.2. The van der Waals surface area contributed by atoms with E-state index in [0.29, 0.717) is 10.5 Å². The SMILES string of the molecule is CCc1ccc(-n2nc3cc(C)c(NC(=S)NC(=O)c4ccc(Cl)cc4Cl)cc3n2)cc1. The second kappa shape index (κ2) is 9.24. The summed E-state index contributed by atoms with van der Waals surface area (Å²) in [6.07, 6.45) is 0.976. The van der Waals surface area contributed by atoms with Crippen LogP contribution in [0.15, 0.2) is 54.6 Å². The van der Waals surface area contributed by atoms with Crippen LogP contribution in [0.1, 0.15) is 28.4 Å². The molecule has 0 spiro atoms. The molecule has 0 bridgehead atoms. The lowest BCUT2D eigenvalue weighted by atomic mass is 10.2. The highest BCUT2D eigenvalue weighted by Crippen LogP contribution is 2.23. The lowest BCUT2D eigenvalue weighted by Gasteiger charge is -2.12. The average Bonchev–Trinajstić information content (AvgIpc) is 3.16. The molecule has 32 heavy (non-hydrogen) atoms. The van der Waals surface area contributed by atoms with Crippen LogP contribution < -0.4 is 10.6 Å². The Morgan fingerprint density at radius 3 is 2.38 bits per heavy atom. The predicted octanol–water partition coefficient (Wildman–Crippen LogP) is 5.72. The molecule has 162 valence electrons. The molecule has 0 saturated carbocycles. The molecule has 0 aliphatic carbocycles. The van der Waals surface area contributed by atoms with Crippen LogP contribution in [0.3, 0.4) is 0 Å². The van der Waals surface area contributed by atoms with Gasteiger partial charge in [-0.1, -0.05) is 42.3 Å². The zero-order valence-corrected chi connectivity index (χ0v) is 19.6. The Balaban J connectivity index is 1.52. The number of hydrogen-bond acceptors (Lipinski definition) is 4. The number of carbonyl (C=O) groups excluding carboxylic acids is 1. The fraction of sp³-hybridized carbons (Fsp3) is 0.130. The van der Waals surface area contributed by atoms with E-state index in [2.05, 4.69) is 39.9 Å². The Bertz CT molecular complexity index is 1330. The number of nitrogens with zero attached hydrogens (tertiary/aromatic N) is 3. The normalized spacial score (nSPS) is 10.9. The van der Waals surface area contributed by atoms with Crippen LogP contribution in [0.4, 0.5) is 5.69 Å². The van der Waals surface area contributed by atoms with Crippen molar-refractivity contribution in [2.75, 3.05) is 5.32 Å². The minimum absolute atomic E-state index is 0.144. The number of fused-ring (bicyclic) bond motifs is 1. The molecule has 3 aromatic carbocycles. The van der Waals surface area contributed by atoms with Crippen LogP contribution in [-0.4, -0.2) is 26.0 Å². The maximum absolute atomic E-state index is 12.5. The highest BCUT2D eigenvalue weighted by molar-refractivity contribution is 7.80. The van der Waals surface area contributed by atoms with E-state index in [9.17, 15) is 4.79 Å². The quantitative estimate of drug-likeness (QED) is 0.363. The van der Waals surface area contributed by atoms with E-state index in [4.69, 9.17) is 35.4 Å². The number of amides is 1. The largest absolute Gasteiger partial charge is 0.332 e. The molecule has 9 heteroatoms. The molecule has 0 radical (unpaired) electrons. The minimum Gasteiger partial charge on any atom is -0.332 e. The van der Waals surface area contributed by atoms with Gasteiger partial charge in [-0.3, -0.25) is 10.1 Å². The summed E-state index contributed by atoms with van der Waals surface area (Å²) in [5, 5.41) is 15.7. The average molecular weight is 484 g/mol. The van der Waals surface area contributed by atoms with Crippen molar-refractivity contribution in [1.82, 2.24) is 20.3 Å². The highest BCUT2D eigenvalue weighted by atomic mass is 35.5. The lowest BCUT2D eigenvalue weighted by Crippen LogP contribution is -2.34. The molecule has 6 nitrogen and oxygen atoms in total. The number of rotatable bonds is 4. The van der Waals surface area contributed by atoms with Gasteiger partial charge in [0.15, 0.2) is 5.11 Å². The third-order valence-corrected chi connectivity index (χ3v) is 5.70. The zero-order chi connectivity index (χ0) is 22.8. The van der Waals surface area contributed by atoms with Gasteiger partial charge in [0.05, 0.1) is 16.3 Å². The third kappa shape index (κ3) is 4.75. The molecule has 4 rings (SSSR count). The Labute approximate surface area is 200 Å². The fourth-order valence-corrected chi connectivity index (χ4v) is 3.88. The van der Waals surface area contributed by atoms with E-state index < -0.39 is 5.91 Å². The summed E-state index contributed by atoms with van der Waals surface area (Å²) in [7, 11) is 0. The summed E-state index contributed by atoms with van der Waals surface area (Å²) in [4.78, 5) is 14.1. The van der Waals surface area contributed by atoms with E-state index in [0.717, 1.165) is 28.9 Å². The second-order valence-electron chi connectivity index (χ2n) is 7.20. The highest BCUT2D eigenvalue weighted by Gasteiger charge is 2.14. The molecule has 1 heterocycles. The standard InChI is InChI=1S/C23H19Cl2N5OS/c1-3-14-4-7-16(8-5-14)30-28-20-10-13(2)19(12-21(20)29-30)26-23(32)27-22(31)17-9-6-15(24)11-18(17)25/h4-12H,3H2,1-2H3,(H2,26,27,31,32). The Morgan fingerprint density at radius 1 is 1.03 bits per heavy atom. The first-order valence-electron chi connectivity index (χ1n) is 9.88. The Morgan fingerprint density at radius 2 is 1.72 bits per heavy atom. The topological polar surface area (TPSA) is 71.8 Å². The van der Waals surface area contributed by atoms with E-state index in [1.807, 2.05) is 31.2 Å². The molecule has 0 aliphatic heterocycles. The van der Waals surface area contributed by atoms with E-state index in [-0.39, 0.29) is 15.7 Å². The van der Waals surface area contributed by atoms with Crippen LogP contribution in [0.25, 0.3) is 16.7 Å². The van der Waals surface area contributed by atoms with Gasteiger partial charge in [-0.05, 0) is 79.2 Å². The first-order valence-corrected chi connectivity index (χ1v) is 11.0. The van der Waals surface area contributed by atoms with Gasteiger partial charge in [0.2, 0.25) is 0 Å². The molecule has 4 aromatic rings. The monoisotopic (exact) mass is 483 g/mol. The van der Waals surface area contributed by atoms with Gasteiger partial charge >= 0.3 is 0 Å². The van der Waals surface area contributed by atoms with Crippen LogP contribution in [0.2, 0.25) is 10.0 Å². The van der Waals surface area contributed by atoms with Crippen molar-refractivity contribution in [3.8, 4) is 5.69 Å². The maximum Gasteiger partial charge on any atom is 0.258 e. The number of halogens is 2. The van der Waals surface area contributed by atoms with Crippen molar-refractivity contribution in [1.29, 1.82) is 0 Å². The van der Waals surface area contributed by atoms with Gasteiger partial charge < -0.3 is 5.32 Å². The smallest absolute Gasteiger partial charge is 0.258 e. The minimum atomic E-state index is -0.427. The maximum atomic E-state index is 12.5. The summed E-state index contributed by atoms with van der Waals surface area (Å²) < 4.78 is 0. The Hall–Kier alpha value is -3.00. The molecule has 0 fully saturated rings. The molecular formula is C23H19Cl2N5OS. The number of aromatic nitrogens is 3. The molecule has 2 N–H and O–H groups in total. The van der Waals surface area contributed by atoms with Gasteiger partial charge in [0.25, 0.3) is 5.91 Å².